The maximum Gasteiger partial charge on any atom is 0.105 e. The monoisotopic (exact) mass is 233 g/mol. The van der Waals surface area contributed by atoms with Gasteiger partial charge in [0.25, 0.3) is 0 Å². The summed E-state index contributed by atoms with van der Waals surface area (Å²) in [5.41, 5.74) is 1.27. The molecular weight excluding hydrogens is 222 g/mol. The molecule has 1 N–H and O–H groups in total. The zero-order valence-corrected chi connectivity index (χ0v) is 9.78. The highest BCUT2D eigenvalue weighted by molar-refractivity contribution is 8.13. The van der Waals surface area contributed by atoms with E-state index in [0.717, 1.165) is 10.6 Å². The van der Waals surface area contributed by atoms with Crippen molar-refractivity contribution in [3.8, 4) is 0 Å². The molecule has 0 amide bonds. The van der Waals surface area contributed by atoms with Crippen molar-refractivity contribution in [3.05, 3.63) is 58.3 Å². The Morgan fingerprint density at radius 3 is 2.60 bits per heavy atom. The first-order valence-electron chi connectivity index (χ1n) is 4.65. The average molecular weight is 233 g/mol. The molecule has 0 spiro atoms. The Balaban J connectivity index is 1.92. The van der Waals surface area contributed by atoms with Crippen molar-refractivity contribution in [2.75, 3.05) is 0 Å². The lowest BCUT2D eigenvalue weighted by atomic mass is 10.2. The molecule has 1 heterocycles. The number of thioether (sulfide) groups is 1. The van der Waals surface area contributed by atoms with Gasteiger partial charge in [0, 0.05) is 5.75 Å². The molecule has 0 aliphatic carbocycles. The van der Waals surface area contributed by atoms with E-state index in [9.17, 15) is 0 Å². The van der Waals surface area contributed by atoms with Crippen molar-refractivity contribution < 1.29 is 0 Å². The quantitative estimate of drug-likeness (QED) is 0.628. The number of hydrogen-bond donors (Lipinski definition) is 1. The van der Waals surface area contributed by atoms with E-state index in [1.807, 2.05) is 35.7 Å². The van der Waals surface area contributed by atoms with Gasteiger partial charge in [-0.3, -0.25) is 5.41 Å². The Bertz CT molecular complexity index is 420. The number of benzene rings is 1. The minimum Gasteiger partial charge on any atom is -0.293 e. The Hall–Kier alpha value is -1.06. The molecule has 2 rings (SSSR count). The summed E-state index contributed by atoms with van der Waals surface area (Å²) in [6.45, 7) is 0. The van der Waals surface area contributed by atoms with Gasteiger partial charge in [0.1, 0.15) is 5.04 Å². The minimum absolute atomic E-state index is 0.661. The van der Waals surface area contributed by atoms with Gasteiger partial charge in [0.05, 0.1) is 4.88 Å². The van der Waals surface area contributed by atoms with Crippen LogP contribution in [0.3, 0.4) is 0 Å². The van der Waals surface area contributed by atoms with Gasteiger partial charge >= 0.3 is 0 Å². The maximum atomic E-state index is 7.87. The third kappa shape index (κ3) is 2.94. The molecule has 0 aliphatic rings. The van der Waals surface area contributed by atoms with Crippen LogP contribution in [0.25, 0.3) is 0 Å². The number of thiophene rings is 1. The zero-order chi connectivity index (χ0) is 10.5. The summed E-state index contributed by atoms with van der Waals surface area (Å²) in [5.74, 6) is 0.873. The Kier molecular flexibility index (Phi) is 3.59. The average Bonchev–Trinajstić information content (AvgIpc) is 2.81. The fraction of sp³-hybridized carbons (Fsp3) is 0.0833. The van der Waals surface area contributed by atoms with Crippen LogP contribution in [-0.4, -0.2) is 5.04 Å². The van der Waals surface area contributed by atoms with Crippen molar-refractivity contribution in [1.82, 2.24) is 0 Å². The summed E-state index contributed by atoms with van der Waals surface area (Å²) in [6, 6.07) is 14.2. The van der Waals surface area contributed by atoms with Crippen LogP contribution >= 0.6 is 23.1 Å². The minimum atomic E-state index is 0.661. The Morgan fingerprint density at radius 1 is 1.13 bits per heavy atom. The van der Waals surface area contributed by atoms with Crippen LogP contribution in [0.2, 0.25) is 0 Å². The first kappa shape index (κ1) is 10.5. The van der Waals surface area contributed by atoms with Gasteiger partial charge < -0.3 is 0 Å². The summed E-state index contributed by atoms with van der Waals surface area (Å²) in [4.78, 5) is 1.05. The molecule has 0 unspecified atom stereocenters. The van der Waals surface area contributed by atoms with Gasteiger partial charge in [-0.2, -0.15) is 0 Å². The van der Waals surface area contributed by atoms with E-state index in [0.29, 0.717) is 5.04 Å². The van der Waals surface area contributed by atoms with Crippen molar-refractivity contribution in [2.24, 2.45) is 0 Å². The molecule has 1 aromatic heterocycles. The smallest absolute Gasteiger partial charge is 0.105 e. The SMILES string of the molecule is N=C(SCc1ccccc1)c1cccs1. The maximum absolute atomic E-state index is 7.87. The van der Waals surface area contributed by atoms with Gasteiger partial charge in [-0.15, -0.1) is 23.1 Å². The standard InChI is InChI=1S/C12H11NS2/c13-12(11-7-4-8-14-11)15-9-10-5-2-1-3-6-10/h1-8,13H,9H2. The molecule has 15 heavy (non-hydrogen) atoms. The van der Waals surface area contributed by atoms with Crippen LogP contribution in [0.15, 0.2) is 47.8 Å². The number of rotatable bonds is 3. The summed E-state index contributed by atoms with van der Waals surface area (Å²) in [5, 5.41) is 10.5. The molecule has 0 saturated heterocycles. The second-order valence-electron chi connectivity index (χ2n) is 3.08. The van der Waals surface area contributed by atoms with Crippen molar-refractivity contribution in [2.45, 2.75) is 5.75 Å². The first-order valence-corrected chi connectivity index (χ1v) is 6.52. The molecule has 0 aliphatic heterocycles. The van der Waals surface area contributed by atoms with Crippen LogP contribution in [0, 0.1) is 5.41 Å². The highest BCUT2D eigenvalue weighted by Gasteiger charge is 2.02. The third-order valence-electron chi connectivity index (χ3n) is 1.97. The number of hydrogen-bond acceptors (Lipinski definition) is 3. The topological polar surface area (TPSA) is 23.9 Å². The first-order chi connectivity index (χ1) is 7.36. The van der Waals surface area contributed by atoms with E-state index in [1.165, 1.54) is 5.56 Å². The highest BCUT2D eigenvalue weighted by atomic mass is 32.2. The second-order valence-corrected chi connectivity index (χ2v) is 5.01. The lowest BCUT2D eigenvalue weighted by molar-refractivity contribution is 1.42. The predicted octanol–water partition coefficient (Wildman–Crippen LogP) is 4.01. The van der Waals surface area contributed by atoms with E-state index in [1.54, 1.807) is 23.1 Å². The molecule has 3 heteroatoms. The normalized spacial score (nSPS) is 10.1. The van der Waals surface area contributed by atoms with Crippen molar-refractivity contribution in [1.29, 1.82) is 5.41 Å². The Labute approximate surface area is 97.7 Å². The molecule has 0 radical (unpaired) electrons. The van der Waals surface area contributed by atoms with E-state index >= 15 is 0 Å². The van der Waals surface area contributed by atoms with Gasteiger partial charge in [-0.25, -0.2) is 0 Å². The fourth-order valence-electron chi connectivity index (χ4n) is 1.21. The largest absolute Gasteiger partial charge is 0.293 e. The molecule has 1 aromatic carbocycles. The molecule has 2 aromatic rings. The number of nitrogens with one attached hydrogen (secondary N) is 1. The van der Waals surface area contributed by atoms with E-state index in [4.69, 9.17) is 5.41 Å². The molecule has 0 fully saturated rings. The lowest BCUT2D eigenvalue weighted by Crippen LogP contribution is -1.90. The van der Waals surface area contributed by atoms with E-state index < -0.39 is 0 Å². The van der Waals surface area contributed by atoms with Crippen molar-refractivity contribution in [3.63, 3.8) is 0 Å². The van der Waals surface area contributed by atoms with Crippen LogP contribution in [0.5, 0.6) is 0 Å². The van der Waals surface area contributed by atoms with Gasteiger partial charge in [-0.1, -0.05) is 36.4 Å². The summed E-state index contributed by atoms with van der Waals surface area (Å²) < 4.78 is 0. The second kappa shape index (κ2) is 5.14. The summed E-state index contributed by atoms with van der Waals surface area (Å²) in [6.07, 6.45) is 0. The zero-order valence-electron chi connectivity index (χ0n) is 8.14. The molecule has 0 atom stereocenters. The van der Waals surface area contributed by atoms with Crippen LogP contribution in [-0.2, 0) is 5.75 Å². The molecular formula is C12H11NS2. The van der Waals surface area contributed by atoms with Crippen LogP contribution in [0.4, 0.5) is 0 Å². The van der Waals surface area contributed by atoms with Gasteiger partial charge in [0.2, 0.25) is 0 Å². The van der Waals surface area contributed by atoms with Gasteiger partial charge in [0.15, 0.2) is 0 Å². The third-order valence-corrected chi connectivity index (χ3v) is 3.97. The fourth-order valence-corrected chi connectivity index (χ4v) is 2.81. The highest BCUT2D eigenvalue weighted by Crippen LogP contribution is 2.20. The molecule has 0 bridgehead atoms. The van der Waals surface area contributed by atoms with Gasteiger partial charge in [-0.05, 0) is 17.0 Å². The van der Waals surface area contributed by atoms with E-state index in [-0.39, 0.29) is 0 Å². The Morgan fingerprint density at radius 2 is 1.93 bits per heavy atom. The molecule has 0 saturated carbocycles. The lowest BCUT2D eigenvalue weighted by Gasteiger charge is -2.01. The van der Waals surface area contributed by atoms with Crippen LogP contribution < -0.4 is 0 Å². The predicted molar refractivity (Wildman–Crippen MR) is 68.9 cm³/mol. The summed E-state index contributed by atoms with van der Waals surface area (Å²) >= 11 is 3.20. The van der Waals surface area contributed by atoms with E-state index in [2.05, 4.69) is 12.1 Å². The van der Waals surface area contributed by atoms with Crippen LogP contribution in [0.1, 0.15) is 10.4 Å². The van der Waals surface area contributed by atoms with Crippen molar-refractivity contribution >= 4 is 28.1 Å². The molecule has 1 nitrogen and oxygen atoms in total. The summed E-state index contributed by atoms with van der Waals surface area (Å²) in [7, 11) is 0. The molecule has 76 valence electrons.